The second-order valence-electron chi connectivity index (χ2n) is 5.32. The summed E-state index contributed by atoms with van der Waals surface area (Å²) >= 11 is 0. The molecule has 0 spiro atoms. The molecule has 0 aliphatic rings. The van der Waals surface area contributed by atoms with Gasteiger partial charge in [-0.2, -0.15) is 5.26 Å². The van der Waals surface area contributed by atoms with Gasteiger partial charge in [-0.3, -0.25) is 4.79 Å². The van der Waals surface area contributed by atoms with Crippen LogP contribution in [0.4, 0.5) is 5.82 Å². The molecule has 20 heavy (non-hydrogen) atoms. The number of nitriles is 1. The first-order valence-corrected chi connectivity index (χ1v) is 7.15. The number of carbonyl (C=O) groups is 1. The Bertz CT molecular complexity index is 491. The minimum atomic E-state index is -0.942. The summed E-state index contributed by atoms with van der Waals surface area (Å²) in [6.45, 7) is 7.83. The van der Waals surface area contributed by atoms with Gasteiger partial charge in [0, 0.05) is 5.69 Å². The number of amides is 1. The second-order valence-corrected chi connectivity index (χ2v) is 5.32. The third-order valence-electron chi connectivity index (χ3n) is 3.34. The van der Waals surface area contributed by atoms with Crippen molar-refractivity contribution in [3.8, 4) is 6.07 Å². The Balaban J connectivity index is 2.99. The predicted molar refractivity (Wildman–Crippen MR) is 80.2 cm³/mol. The zero-order valence-corrected chi connectivity index (χ0v) is 12.8. The zero-order chi connectivity index (χ0) is 15.2. The van der Waals surface area contributed by atoms with E-state index in [0.717, 1.165) is 24.1 Å². The third-order valence-corrected chi connectivity index (χ3v) is 3.34. The Morgan fingerprint density at radius 3 is 2.35 bits per heavy atom. The van der Waals surface area contributed by atoms with Crippen LogP contribution in [-0.4, -0.2) is 10.9 Å². The van der Waals surface area contributed by atoms with Crippen molar-refractivity contribution >= 4 is 11.7 Å². The summed E-state index contributed by atoms with van der Waals surface area (Å²) in [5.74, 6) is 0.292. The molecule has 1 aromatic rings. The summed E-state index contributed by atoms with van der Waals surface area (Å²) < 4.78 is 0. The molecule has 1 N–H and O–H groups in total. The highest BCUT2D eigenvalue weighted by atomic mass is 16.2. The number of nitrogens with one attached hydrogen (secondary N) is 1. The second kappa shape index (κ2) is 7.04. The highest BCUT2D eigenvalue weighted by Crippen LogP contribution is 2.30. The van der Waals surface area contributed by atoms with Crippen molar-refractivity contribution in [1.82, 2.24) is 4.98 Å². The molecule has 1 rings (SSSR count). The van der Waals surface area contributed by atoms with Crippen LogP contribution in [0.25, 0.3) is 0 Å². The monoisotopic (exact) mass is 273 g/mol. The van der Waals surface area contributed by atoms with Crippen LogP contribution >= 0.6 is 0 Å². The minimum Gasteiger partial charge on any atom is -0.309 e. The first kappa shape index (κ1) is 16.2. The van der Waals surface area contributed by atoms with Gasteiger partial charge in [-0.1, -0.05) is 26.7 Å². The van der Waals surface area contributed by atoms with Gasteiger partial charge in [-0.25, -0.2) is 4.98 Å². The van der Waals surface area contributed by atoms with Crippen molar-refractivity contribution in [2.45, 2.75) is 53.4 Å². The van der Waals surface area contributed by atoms with Crippen molar-refractivity contribution in [3.63, 3.8) is 0 Å². The quantitative estimate of drug-likeness (QED) is 0.858. The van der Waals surface area contributed by atoms with E-state index in [1.807, 2.05) is 39.8 Å². The van der Waals surface area contributed by atoms with E-state index in [0.29, 0.717) is 18.7 Å². The van der Waals surface area contributed by atoms with Crippen LogP contribution in [0.3, 0.4) is 0 Å². The predicted octanol–water partition coefficient (Wildman–Crippen LogP) is 3.75. The molecular weight excluding hydrogens is 250 g/mol. The summed E-state index contributed by atoms with van der Waals surface area (Å²) in [5.41, 5.74) is 0.957. The highest BCUT2D eigenvalue weighted by molar-refractivity contribution is 5.96. The number of pyridine rings is 1. The molecule has 0 aromatic carbocycles. The lowest BCUT2D eigenvalue weighted by Gasteiger charge is -2.24. The van der Waals surface area contributed by atoms with Crippen LogP contribution in [0, 0.1) is 30.6 Å². The maximum Gasteiger partial charge on any atom is 0.246 e. The van der Waals surface area contributed by atoms with Gasteiger partial charge in [0.05, 0.1) is 6.07 Å². The summed E-state index contributed by atoms with van der Waals surface area (Å²) in [6, 6.07) is 6.00. The summed E-state index contributed by atoms with van der Waals surface area (Å²) in [5, 5.41) is 12.3. The lowest BCUT2D eigenvalue weighted by Crippen LogP contribution is -2.35. The minimum absolute atomic E-state index is 0.235. The summed E-state index contributed by atoms with van der Waals surface area (Å²) in [4.78, 5) is 16.8. The zero-order valence-electron chi connectivity index (χ0n) is 12.8. The molecule has 108 valence electrons. The molecule has 0 saturated heterocycles. The fourth-order valence-corrected chi connectivity index (χ4v) is 2.51. The van der Waals surface area contributed by atoms with Crippen LogP contribution < -0.4 is 5.32 Å². The van der Waals surface area contributed by atoms with Gasteiger partial charge >= 0.3 is 0 Å². The number of carbonyl (C=O) groups excluding carboxylic acids is 1. The molecule has 0 aliphatic heterocycles. The average Bonchev–Trinajstić information content (AvgIpc) is 2.36. The maximum atomic E-state index is 12.5. The molecular formula is C16H23N3O. The largest absolute Gasteiger partial charge is 0.309 e. The number of hydrogen-bond donors (Lipinski definition) is 1. The topological polar surface area (TPSA) is 65.8 Å². The van der Waals surface area contributed by atoms with Gasteiger partial charge in [-0.15, -0.1) is 0 Å². The Kier molecular flexibility index (Phi) is 5.69. The number of aromatic nitrogens is 1. The van der Waals surface area contributed by atoms with Crippen LogP contribution in [0.2, 0.25) is 0 Å². The Morgan fingerprint density at radius 1 is 1.30 bits per heavy atom. The number of rotatable bonds is 6. The number of aryl methyl sites for hydroxylation is 2. The Morgan fingerprint density at radius 2 is 1.90 bits per heavy atom. The molecule has 1 amide bonds. The summed E-state index contributed by atoms with van der Waals surface area (Å²) in [7, 11) is 0. The van der Waals surface area contributed by atoms with E-state index in [1.54, 1.807) is 0 Å². The van der Waals surface area contributed by atoms with Crippen LogP contribution in [0.1, 0.15) is 50.8 Å². The van der Waals surface area contributed by atoms with Crippen molar-refractivity contribution < 1.29 is 4.79 Å². The van der Waals surface area contributed by atoms with E-state index < -0.39 is 5.41 Å². The van der Waals surface area contributed by atoms with Gasteiger partial charge < -0.3 is 5.32 Å². The van der Waals surface area contributed by atoms with E-state index in [4.69, 9.17) is 0 Å². The van der Waals surface area contributed by atoms with Crippen LogP contribution in [0.5, 0.6) is 0 Å². The molecule has 0 unspecified atom stereocenters. The first-order valence-electron chi connectivity index (χ1n) is 7.15. The molecule has 0 atom stereocenters. The SMILES string of the molecule is CCCC(C#N)(CCC)C(=O)Nc1cc(C)cc(C)n1. The van der Waals surface area contributed by atoms with Crippen molar-refractivity contribution in [2.75, 3.05) is 5.32 Å². The molecule has 1 heterocycles. The molecule has 0 aliphatic carbocycles. The fourth-order valence-electron chi connectivity index (χ4n) is 2.51. The van der Waals surface area contributed by atoms with Gasteiger partial charge in [-0.05, 0) is 44.4 Å². The molecule has 0 saturated carbocycles. The Labute approximate surface area is 121 Å². The standard InChI is InChI=1S/C16H23N3O/c1-5-7-16(11-17,8-6-2)15(20)19-14-10-12(3)9-13(4)18-14/h9-10H,5-8H2,1-4H3,(H,18,19,20). The smallest absolute Gasteiger partial charge is 0.246 e. The molecule has 4 nitrogen and oxygen atoms in total. The Hall–Kier alpha value is -1.89. The van der Waals surface area contributed by atoms with Crippen molar-refractivity contribution in [3.05, 3.63) is 23.4 Å². The third kappa shape index (κ3) is 3.80. The average molecular weight is 273 g/mol. The molecule has 0 bridgehead atoms. The van der Waals surface area contributed by atoms with Gasteiger partial charge in [0.2, 0.25) is 5.91 Å². The van der Waals surface area contributed by atoms with Crippen LogP contribution in [-0.2, 0) is 4.79 Å². The highest BCUT2D eigenvalue weighted by Gasteiger charge is 2.37. The first-order chi connectivity index (χ1) is 9.47. The van der Waals surface area contributed by atoms with Crippen molar-refractivity contribution in [1.29, 1.82) is 5.26 Å². The molecule has 4 heteroatoms. The van der Waals surface area contributed by atoms with Gasteiger partial charge in [0.15, 0.2) is 0 Å². The number of hydrogen-bond acceptors (Lipinski definition) is 3. The van der Waals surface area contributed by atoms with E-state index in [2.05, 4.69) is 16.4 Å². The molecule has 1 aromatic heterocycles. The normalized spacial score (nSPS) is 10.9. The fraction of sp³-hybridized carbons (Fsp3) is 0.562. The number of nitrogens with zero attached hydrogens (tertiary/aromatic N) is 2. The lowest BCUT2D eigenvalue weighted by atomic mass is 9.80. The van der Waals surface area contributed by atoms with Crippen molar-refractivity contribution in [2.24, 2.45) is 5.41 Å². The van der Waals surface area contributed by atoms with Gasteiger partial charge in [0.1, 0.15) is 11.2 Å². The molecule has 0 fully saturated rings. The van der Waals surface area contributed by atoms with E-state index >= 15 is 0 Å². The van der Waals surface area contributed by atoms with E-state index in [1.165, 1.54) is 0 Å². The van der Waals surface area contributed by atoms with E-state index in [9.17, 15) is 10.1 Å². The lowest BCUT2D eigenvalue weighted by molar-refractivity contribution is -0.123. The number of anilines is 1. The van der Waals surface area contributed by atoms with Crippen LogP contribution in [0.15, 0.2) is 12.1 Å². The maximum absolute atomic E-state index is 12.5. The van der Waals surface area contributed by atoms with Gasteiger partial charge in [0.25, 0.3) is 0 Å². The van der Waals surface area contributed by atoms with E-state index in [-0.39, 0.29) is 5.91 Å². The molecule has 0 radical (unpaired) electrons. The summed E-state index contributed by atoms with van der Waals surface area (Å²) in [6.07, 6.45) is 2.77.